The van der Waals surface area contributed by atoms with Gasteiger partial charge in [0.1, 0.15) is 0 Å². The molecule has 1 heterocycles. The van der Waals surface area contributed by atoms with Gasteiger partial charge in [-0.2, -0.15) is 0 Å². The van der Waals surface area contributed by atoms with Crippen molar-refractivity contribution in [2.24, 2.45) is 5.92 Å². The van der Waals surface area contributed by atoms with Crippen molar-refractivity contribution in [3.63, 3.8) is 0 Å². The first-order chi connectivity index (χ1) is 9.89. The minimum Gasteiger partial charge on any atom is -0.396 e. The molecule has 1 aliphatic heterocycles. The first-order valence-corrected chi connectivity index (χ1v) is 8.16. The van der Waals surface area contributed by atoms with Crippen LogP contribution in [0.15, 0.2) is 18.2 Å². The molecule has 2 N–H and O–H groups in total. The lowest BCUT2D eigenvalue weighted by Crippen LogP contribution is -2.35. The third-order valence-electron chi connectivity index (χ3n) is 4.00. The van der Waals surface area contributed by atoms with E-state index in [1.54, 1.807) is 0 Å². The maximum Gasteiger partial charge on any atom is 0.0642 e. The number of hydrogen-bond acceptors (Lipinski definition) is 3. The summed E-state index contributed by atoms with van der Waals surface area (Å²) >= 11 is 6.47. The van der Waals surface area contributed by atoms with Gasteiger partial charge in [0.05, 0.1) is 10.7 Å². The van der Waals surface area contributed by atoms with Crippen LogP contribution in [-0.4, -0.2) is 30.3 Å². The van der Waals surface area contributed by atoms with E-state index in [1.165, 1.54) is 5.56 Å². The lowest BCUT2D eigenvalue weighted by atomic mass is 10.1. The smallest absolute Gasteiger partial charge is 0.0642 e. The predicted molar refractivity (Wildman–Crippen MR) is 90.1 cm³/mol. The molecule has 118 valence electrons. The second kappa shape index (κ2) is 6.99. The normalized spacial score (nSPS) is 19.3. The molecule has 1 unspecified atom stereocenters. The Morgan fingerprint density at radius 1 is 1.38 bits per heavy atom. The maximum absolute atomic E-state index is 9.05. The number of nitrogens with zero attached hydrogens (tertiary/aromatic N) is 1. The Morgan fingerprint density at radius 2 is 2.14 bits per heavy atom. The molecule has 21 heavy (non-hydrogen) atoms. The molecule has 0 saturated carbocycles. The highest BCUT2D eigenvalue weighted by Gasteiger charge is 2.23. The average Bonchev–Trinajstić information content (AvgIpc) is 2.84. The van der Waals surface area contributed by atoms with Gasteiger partial charge in [-0.3, -0.25) is 0 Å². The summed E-state index contributed by atoms with van der Waals surface area (Å²) in [7, 11) is 0. The number of aliphatic hydroxyl groups is 1. The Bertz CT molecular complexity index is 470. The highest BCUT2D eigenvalue weighted by Crippen LogP contribution is 2.32. The molecular formula is C17H27ClN2O. The van der Waals surface area contributed by atoms with Gasteiger partial charge in [-0.05, 0) is 57.2 Å². The van der Waals surface area contributed by atoms with Crippen molar-refractivity contribution < 1.29 is 5.11 Å². The largest absolute Gasteiger partial charge is 0.396 e. The summed E-state index contributed by atoms with van der Waals surface area (Å²) in [6.07, 6.45) is 2.03. The van der Waals surface area contributed by atoms with Crippen LogP contribution in [0.5, 0.6) is 0 Å². The zero-order valence-corrected chi connectivity index (χ0v) is 14.1. The molecule has 0 amide bonds. The van der Waals surface area contributed by atoms with Crippen LogP contribution in [0.4, 0.5) is 5.69 Å². The SMILES string of the molecule is CC(C)(C)NCc1ccc(N2CCC(CCO)C2)c(Cl)c1. The van der Waals surface area contributed by atoms with E-state index in [2.05, 4.69) is 49.2 Å². The molecule has 0 spiro atoms. The van der Waals surface area contributed by atoms with E-state index in [0.29, 0.717) is 5.92 Å². The molecule has 1 aliphatic rings. The third kappa shape index (κ3) is 4.87. The summed E-state index contributed by atoms with van der Waals surface area (Å²) in [5, 5.41) is 13.4. The van der Waals surface area contributed by atoms with E-state index >= 15 is 0 Å². The van der Waals surface area contributed by atoms with Gasteiger partial charge in [0.25, 0.3) is 0 Å². The number of anilines is 1. The zero-order valence-electron chi connectivity index (χ0n) is 13.3. The van der Waals surface area contributed by atoms with Crippen LogP contribution in [0.3, 0.4) is 0 Å². The van der Waals surface area contributed by atoms with E-state index in [1.807, 2.05) is 0 Å². The van der Waals surface area contributed by atoms with Gasteiger partial charge < -0.3 is 15.3 Å². The number of rotatable bonds is 5. The molecule has 0 bridgehead atoms. The average molecular weight is 311 g/mol. The predicted octanol–water partition coefficient (Wildman–Crippen LogP) is 3.44. The highest BCUT2D eigenvalue weighted by molar-refractivity contribution is 6.33. The molecule has 0 aliphatic carbocycles. The van der Waals surface area contributed by atoms with Crippen LogP contribution in [0, 0.1) is 5.92 Å². The number of aliphatic hydroxyl groups excluding tert-OH is 1. The number of hydrogen-bond donors (Lipinski definition) is 2. The molecule has 1 aromatic rings. The molecule has 1 atom stereocenters. The van der Waals surface area contributed by atoms with Gasteiger partial charge in [0, 0.05) is 31.8 Å². The fourth-order valence-electron chi connectivity index (χ4n) is 2.75. The fraction of sp³-hybridized carbons (Fsp3) is 0.647. The number of nitrogens with one attached hydrogen (secondary N) is 1. The summed E-state index contributed by atoms with van der Waals surface area (Å²) in [5.74, 6) is 0.591. The molecule has 4 heteroatoms. The van der Waals surface area contributed by atoms with Crippen molar-refractivity contribution in [1.82, 2.24) is 5.32 Å². The van der Waals surface area contributed by atoms with Gasteiger partial charge in [-0.25, -0.2) is 0 Å². The highest BCUT2D eigenvalue weighted by atomic mass is 35.5. The lowest BCUT2D eigenvalue weighted by Gasteiger charge is -2.23. The van der Waals surface area contributed by atoms with E-state index in [4.69, 9.17) is 16.7 Å². The van der Waals surface area contributed by atoms with Gasteiger partial charge in [-0.1, -0.05) is 17.7 Å². The van der Waals surface area contributed by atoms with E-state index < -0.39 is 0 Å². The topological polar surface area (TPSA) is 35.5 Å². The van der Waals surface area contributed by atoms with E-state index in [-0.39, 0.29) is 12.1 Å². The Hall–Kier alpha value is -0.770. The van der Waals surface area contributed by atoms with Crippen LogP contribution in [0.25, 0.3) is 0 Å². The van der Waals surface area contributed by atoms with Crippen LogP contribution >= 0.6 is 11.6 Å². The fourth-order valence-corrected chi connectivity index (χ4v) is 3.08. The van der Waals surface area contributed by atoms with Crippen molar-refractivity contribution in [3.8, 4) is 0 Å². The van der Waals surface area contributed by atoms with Crippen LogP contribution in [0.2, 0.25) is 5.02 Å². The molecule has 1 aromatic carbocycles. The van der Waals surface area contributed by atoms with Gasteiger partial charge >= 0.3 is 0 Å². The quantitative estimate of drug-likeness (QED) is 0.874. The maximum atomic E-state index is 9.05. The van der Waals surface area contributed by atoms with Crippen LogP contribution in [0.1, 0.15) is 39.2 Å². The van der Waals surface area contributed by atoms with Crippen molar-refractivity contribution in [2.75, 3.05) is 24.6 Å². The number of halogens is 1. The molecular weight excluding hydrogens is 284 g/mol. The van der Waals surface area contributed by atoms with Gasteiger partial charge in [-0.15, -0.1) is 0 Å². The van der Waals surface area contributed by atoms with Crippen molar-refractivity contribution in [3.05, 3.63) is 28.8 Å². The molecule has 0 radical (unpaired) electrons. The van der Waals surface area contributed by atoms with Crippen molar-refractivity contribution in [2.45, 2.75) is 45.7 Å². The molecule has 2 rings (SSSR count). The summed E-state index contributed by atoms with van der Waals surface area (Å²) in [6.45, 7) is 9.63. The lowest BCUT2D eigenvalue weighted by molar-refractivity contribution is 0.263. The molecule has 3 nitrogen and oxygen atoms in total. The zero-order chi connectivity index (χ0) is 15.5. The number of benzene rings is 1. The monoisotopic (exact) mass is 310 g/mol. The van der Waals surface area contributed by atoms with Gasteiger partial charge in [0.2, 0.25) is 0 Å². The van der Waals surface area contributed by atoms with Crippen molar-refractivity contribution >= 4 is 17.3 Å². The van der Waals surface area contributed by atoms with Crippen molar-refractivity contribution in [1.29, 1.82) is 0 Å². The van der Waals surface area contributed by atoms with Crippen LogP contribution in [-0.2, 0) is 6.54 Å². The Kier molecular flexibility index (Phi) is 5.53. The minimum atomic E-state index is 0.109. The third-order valence-corrected chi connectivity index (χ3v) is 4.30. The van der Waals surface area contributed by atoms with Crippen LogP contribution < -0.4 is 10.2 Å². The molecule has 1 saturated heterocycles. The Balaban J connectivity index is 1.99. The first-order valence-electron chi connectivity index (χ1n) is 7.78. The Morgan fingerprint density at radius 3 is 2.76 bits per heavy atom. The summed E-state index contributed by atoms with van der Waals surface area (Å²) < 4.78 is 0. The van der Waals surface area contributed by atoms with Gasteiger partial charge in [0.15, 0.2) is 0 Å². The van der Waals surface area contributed by atoms with E-state index in [0.717, 1.165) is 43.2 Å². The standard InChI is InChI=1S/C17H27ClN2O/c1-17(2,3)19-11-14-4-5-16(15(18)10-14)20-8-6-13(12-20)7-9-21/h4-5,10,13,19,21H,6-9,11-12H2,1-3H3. The molecule has 1 fully saturated rings. The second-order valence-corrected chi connectivity index (χ2v) is 7.41. The molecule has 0 aromatic heterocycles. The first kappa shape index (κ1) is 16.6. The van der Waals surface area contributed by atoms with E-state index in [9.17, 15) is 0 Å². The second-order valence-electron chi connectivity index (χ2n) is 7.00. The minimum absolute atomic E-state index is 0.109. The Labute approximate surface area is 133 Å². The summed E-state index contributed by atoms with van der Waals surface area (Å²) in [6, 6.07) is 6.34. The summed E-state index contributed by atoms with van der Waals surface area (Å²) in [5.41, 5.74) is 2.44. The summed E-state index contributed by atoms with van der Waals surface area (Å²) in [4.78, 5) is 2.34.